The van der Waals surface area contributed by atoms with Crippen LogP contribution in [-0.2, 0) is 4.79 Å². The Hall–Kier alpha value is -1.82. The highest BCUT2D eigenvalue weighted by molar-refractivity contribution is 7.99. The lowest BCUT2D eigenvalue weighted by molar-refractivity contribution is -0.119. The lowest BCUT2D eigenvalue weighted by Crippen LogP contribution is -2.41. The second kappa shape index (κ2) is 7.83. The smallest absolute Gasteiger partial charge is 0.277 e. The number of carbonyl (C=O) groups excluding carboxylic acids is 1. The Morgan fingerprint density at radius 3 is 2.88 bits per heavy atom. The van der Waals surface area contributed by atoms with E-state index in [-0.39, 0.29) is 5.91 Å². The fraction of sp³-hybridized carbons (Fsp3) is 0.500. The second-order valence-electron chi connectivity index (χ2n) is 6.41. The molecule has 2 atom stereocenters. The van der Waals surface area contributed by atoms with Gasteiger partial charge in [-0.1, -0.05) is 49.7 Å². The Balaban J connectivity index is 1.54. The number of aryl methyl sites for hydroxylation is 1. The highest BCUT2D eigenvalue weighted by atomic mass is 32.2. The number of amides is 1. The molecule has 1 amide bonds. The van der Waals surface area contributed by atoms with Crippen LogP contribution in [0.5, 0.6) is 0 Å². The first-order valence-electron chi connectivity index (χ1n) is 8.45. The maximum Gasteiger partial charge on any atom is 0.277 e. The van der Waals surface area contributed by atoms with Gasteiger partial charge in [-0.3, -0.25) is 4.79 Å². The molecule has 2 aromatic rings. The summed E-state index contributed by atoms with van der Waals surface area (Å²) in [6.07, 6.45) is 4.74. The molecular weight excluding hydrogens is 322 g/mol. The van der Waals surface area contributed by atoms with Gasteiger partial charge in [-0.2, -0.15) is 0 Å². The van der Waals surface area contributed by atoms with Crippen LogP contribution in [0.3, 0.4) is 0 Å². The summed E-state index contributed by atoms with van der Waals surface area (Å²) in [4.78, 5) is 12.1. The van der Waals surface area contributed by atoms with Gasteiger partial charge in [0.05, 0.1) is 5.75 Å². The van der Waals surface area contributed by atoms with Crippen LogP contribution < -0.4 is 5.32 Å². The zero-order chi connectivity index (χ0) is 16.9. The average molecular weight is 345 g/mol. The molecule has 1 aliphatic carbocycles. The van der Waals surface area contributed by atoms with E-state index in [9.17, 15) is 4.79 Å². The third-order valence-corrected chi connectivity index (χ3v) is 5.38. The maximum atomic E-state index is 12.1. The Morgan fingerprint density at radius 2 is 2.08 bits per heavy atom. The number of carbonyl (C=O) groups is 1. The van der Waals surface area contributed by atoms with Gasteiger partial charge < -0.3 is 9.73 Å². The molecule has 1 heterocycles. The van der Waals surface area contributed by atoms with Crippen molar-refractivity contribution in [2.75, 3.05) is 5.75 Å². The summed E-state index contributed by atoms with van der Waals surface area (Å²) < 4.78 is 5.67. The van der Waals surface area contributed by atoms with Crippen molar-refractivity contribution in [2.24, 2.45) is 5.92 Å². The number of aromatic nitrogens is 2. The van der Waals surface area contributed by atoms with Crippen LogP contribution in [0.1, 0.15) is 38.2 Å². The predicted molar refractivity (Wildman–Crippen MR) is 94.8 cm³/mol. The van der Waals surface area contributed by atoms with Gasteiger partial charge in [0.2, 0.25) is 11.8 Å². The number of thioether (sulfide) groups is 1. The van der Waals surface area contributed by atoms with Gasteiger partial charge in [0.25, 0.3) is 5.22 Å². The molecule has 1 aliphatic rings. The minimum atomic E-state index is 0.0365. The van der Waals surface area contributed by atoms with Crippen molar-refractivity contribution in [1.29, 1.82) is 0 Å². The van der Waals surface area contributed by atoms with Gasteiger partial charge >= 0.3 is 0 Å². The molecule has 24 heavy (non-hydrogen) atoms. The molecular formula is C18H23N3O2S. The summed E-state index contributed by atoms with van der Waals surface area (Å²) in [5.74, 6) is 1.40. The Morgan fingerprint density at radius 1 is 1.29 bits per heavy atom. The number of rotatable bonds is 5. The van der Waals surface area contributed by atoms with Crippen molar-refractivity contribution in [1.82, 2.24) is 15.5 Å². The summed E-state index contributed by atoms with van der Waals surface area (Å²) in [6, 6.07) is 8.18. The first-order chi connectivity index (χ1) is 11.6. The molecule has 0 bridgehead atoms. The third-order valence-electron chi connectivity index (χ3n) is 4.57. The van der Waals surface area contributed by atoms with Crippen LogP contribution in [-0.4, -0.2) is 27.9 Å². The first kappa shape index (κ1) is 17.0. The van der Waals surface area contributed by atoms with E-state index in [4.69, 9.17) is 4.42 Å². The predicted octanol–water partition coefficient (Wildman–Crippen LogP) is 3.83. The van der Waals surface area contributed by atoms with Crippen molar-refractivity contribution in [3.63, 3.8) is 0 Å². The van der Waals surface area contributed by atoms with E-state index in [0.29, 0.717) is 28.8 Å². The fourth-order valence-corrected chi connectivity index (χ4v) is 3.67. The highest BCUT2D eigenvalue weighted by Gasteiger charge is 2.23. The summed E-state index contributed by atoms with van der Waals surface area (Å²) >= 11 is 1.29. The van der Waals surface area contributed by atoms with Crippen LogP contribution in [0.2, 0.25) is 0 Å². The van der Waals surface area contributed by atoms with Crippen LogP contribution >= 0.6 is 11.8 Å². The van der Waals surface area contributed by atoms with Crippen molar-refractivity contribution in [3.05, 3.63) is 29.8 Å². The molecule has 3 rings (SSSR count). The lowest BCUT2D eigenvalue weighted by atomic mass is 9.86. The fourth-order valence-electron chi connectivity index (χ4n) is 3.10. The SMILES string of the molecule is Cc1ccccc1-c1nnc(SCC(=O)N[C@H]2CCCC[C@@H]2C)o1. The summed E-state index contributed by atoms with van der Waals surface area (Å²) in [5, 5.41) is 11.7. The Bertz CT molecular complexity index is 701. The topological polar surface area (TPSA) is 68.0 Å². The Kier molecular flexibility index (Phi) is 5.56. The maximum absolute atomic E-state index is 12.1. The highest BCUT2D eigenvalue weighted by Crippen LogP contribution is 2.26. The van der Waals surface area contributed by atoms with Gasteiger partial charge in [-0.15, -0.1) is 10.2 Å². The van der Waals surface area contributed by atoms with E-state index < -0.39 is 0 Å². The Labute approximate surface area is 146 Å². The minimum Gasteiger partial charge on any atom is -0.411 e. The van der Waals surface area contributed by atoms with Crippen LogP contribution in [0.25, 0.3) is 11.5 Å². The number of hydrogen-bond donors (Lipinski definition) is 1. The van der Waals surface area contributed by atoms with Crippen LogP contribution in [0.15, 0.2) is 33.9 Å². The number of nitrogens with zero attached hydrogens (tertiary/aromatic N) is 2. The molecule has 5 nitrogen and oxygen atoms in total. The third kappa shape index (κ3) is 4.17. The molecule has 0 spiro atoms. The molecule has 1 aromatic carbocycles. The molecule has 0 unspecified atom stereocenters. The lowest BCUT2D eigenvalue weighted by Gasteiger charge is -2.29. The van der Waals surface area contributed by atoms with Crippen LogP contribution in [0.4, 0.5) is 0 Å². The van der Waals surface area contributed by atoms with Crippen molar-refractivity contribution < 1.29 is 9.21 Å². The van der Waals surface area contributed by atoms with E-state index in [1.54, 1.807) is 0 Å². The normalized spacial score (nSPS) is 20.8. The minimum absolute atomic E-state index is 0.0365. The molecule has 1 saturated carbocycles. The van der Waals surface area contributed by atoms with E-state index in [1.165, 1.54) is 31.0 Å². The molecule has 0 radical (unpaired) electrons. The second-order valence-corrected chi connectivity index (χ2v) is 7.34. The number of nitrogens with one attached hydrogen (secondary N) is 1. The summed E-state index contributed by atoms with van der Waals surface area (Å²) in [5.41, 5.74) is 2.01. The van der Waals surface area contributed by atoms with Crippen LogP contribution in [0, 0.1) is 12.8 Å². The standard InChI is InChI=1S/C18H23N3O2S/c1-12-7-3-5-9-14(12)17-20-21-18(23-17)24-11-16(22)19-15-10-6-4-8-13(15)2/h3,5,7,9,13,15H,4,6,8,10-11H2,1-2H3,(H,19,22)/t13-,15-/m0/s1. The van der Waals surface area contributed by atoms with Gasteiger partial charge in [-0.05, 0) is 37.3 Å². The summed E-state index contributed by atoms with van der Waals surface area (Å²) in [7, 11) is 0. The monoisotopic (exact) mass is 345 g/mol. The summed E-state index contributed by atoms with van der Waals surface area (Å²) in [6.45, 7) is 4.22. The molecule has 1 fully saturated rings. The molecule has 6 heteroatoms. The van der Waals surface area contributed by atoms with Crippen molar-refractivity contribution in [2.45, 2.75) is 50.8 Å². The van der Waals surface area contributed by atoms with Crippen molar-refractivity contribution >= 4 is 17.7 Å². The molecule has 0 aliphatic heterocycles. The van der Waals surface area contributed by atoms with E-state index in [0.717, 1.165) is 17.5 Å². The largest absolute Gasteiger partial charge is 0.411 e. The van der Waals surface area contributed by atoms with E-state index in [2.05, 4.69) is 22.4 Å². The van der Waals surface area contributed by atoms with Crippen molar-refractivity contribution in [3.8, 4) is 11.5 Å². The van der Waals surface area contributed by atoms with Gasteiger partial charge in [0.15, 0.2) is 0 Å². The molecule has 128 valence electrons. The molecule has 1 N–H and O–H groups in total. The number of benzene rings is 1. The van der Waals surface area contributed by atoms with Gasteiger partial charge in [0.1, 0.15) is 0 Å². The number of hydrogen-bond acceptors (Lipinski definition) is 5. The average Bonchev–Trinajstić information content (AvgIpc) is 3.04. The van der Waals surface area contributed by atoms with E-state index >= 15 is 0 Å². The molecule has 0 saturated heterocycles. The zero-order valence-corrected chi connectivity index (χ0v) is 14.9. The zero-order valence-electron chi connectivity index (χ0n) is 14.1. The van der Waals surface area contributed by atoms with Gasteiger partial charge in [0, 0.05) is 11.6 Å². The quantitative estimate of drug-likeness (QED) is 0.834. The molecule has 1 aromatic heterocycles. The van der Waals surface area contributed by atoms with Gasteiger partial charge in [-0.25, -0.2) is 0 Å². The first-order valence-corrected chi connectivity index (χ1v) is 9.43. The van der Waals surface area contributed by atoms with E-state index in [1.807, 2.05) is 31.2 Å².